The Balaban J connectivity index is 1.94. The molecule has 1 heterocycles. The molecule has 5 nitrogen and oxygen atoms in total. The third-order valence-corrected chi connectivity index (χ3v) is 2.82. The Morgan fingerprint density at radius 1 is 1.32 bits per heavy atom. The highest BCUT2D eigenvalue weighted by Gasteiger charge is 2.05. The molecule has 1 aromatic heterocycles. The first-order chi connectivity index (χ1) is 9.16. The normalized spacial score (nSPS) is 10.2. The second-order valence-electron chi connectivity index (χ2n) is 4.20. The number of aromatic carboxylic acids is 1. The molecule has 0 bridgehead atoms. The number of aryl methyl sites for hydroxylation is 1. The van der Waals surface area contributed by atoms with Gasteiger partial charge in [-0.3, -0.25) is 4.98 Å². The second-order valence-corrected chi connectivity index (χ2v) is 4.20. The molecule has 19 heavy (non-hydrogen) atoms. The van der Waals surface area contributed by atoms with Crippen molar-refractivity contribution in [1.29, 1.82) is 0 Å². The van der Waals surface area contributed by atoms with E-state index in [1.165, 1.54) is 23.5 Å². The molecule has 0 aliphatic heterocycles. The Labute approximate surface area is 111 Å². The number of carbonyl (C=O) groups is 1. The van der Waals surface area contributed by atoms with Crippen LogP contribution < -0.4 is 5.32 Å². The van der Waals surface area contributed by atoms with E-state index in [0.29, 0.717) is 12.4 Å². The average Bonchev–Trinajstić information content (AvgIpc) is 2.41. The van der Waals surface area contributed by atoms with Crippen LogP contribution in [0.4, 0.5) is 5.82 Å². The number of anilines is 1. The Bertz CT molecular complexity index is 584. The Hall–Kier alpha value is -2.43. The van der Waals surface area contributed by atoms with Gasteiger partial charge in [0.25, 0.3) is 0 Å². The number of hydrogen-bond acceptors (Lipinski definition) is 4. The van der Waals surface area contributed by atoms with E-state index in [9.17, 15) is 4.79 Å². The zero-order valence-electron chi connectivity index (χ0n) is 10.6. The molecule has 5 heteroatoms. The van der Waals surface area contributed by atoms with Gasteiger partial charge in [-0.1, -0.05) is 24.3 Å². The maximum absolute atomic E-state index is 10.8. The van der Waals surface area contributed by atoms with Crippen LogP contribution in [-0.4, -0.2) is 27.6 Å². The third-order valence-electron chi connectivity index (χ3n) is 2.82. The molecule has 0 aliphatic carbocycles. The molecular formula is C14H15N3O2. The van der Waals surface area contributed by atoms with Crippen LogP contribution >= 0.6 is 0 Å². The standard InChI is InChI=1S/C14H15N3O2/c1-10-4-2-3-5-11(10)6-7-16-13-9-15-8-12(17-13)14(18)19/h2-5,8-9H,6-7H2,1H3,(H,16,17)(H,18,19). The molecule has 0 aliphatic rings. The molecule has 0 unspecified atom stereocenters. The Kier molecular flexibility index (Phi) is 4.07. The van der Waals surface area contributed by atoms with Crippen molar-refractivity contribution in [2.75, 3.05) is 11.9 Å². The first-order valence-corrected chi connectivity index (χ1v) is 6.00. The van der Waals surface area contributed by atoms with E-state index < -0.39 is 5.97 Å². The lowest BCUT2D eigenvalue weighted by molar-refractivity contribution is 0.0690. The number of carboxylic acids is 1. The van der Waals surface area contributed by atoms with Gasteiger partial charge in [0.1, 0.15) is 5.82 Å². The van der Waals surface area contributed by atoms with E-state index in [-0.39, 0.29) is 5.69 Å². The fourth-order valence-electron chi connectivity index (χ4n) is 1.77. The summed E-state index contributed by atoms with van der Waals surface area (Å²) in [6, 6.07) is 8.16. The van der Waals surface area contributed by atoms with Gasteiger partial charge in [0, 0.05) is 6.54 Å². The van der Waals surface area contributed by atoms with E-state index in [4.69, 9.17) is 5.11 Å². The van der Waals surface area contributed by atoms with Crippen LogP contribution in [0.5, 0.6) is 0 Å². The lowest BCUT2D eigenvalue weighted by Crippen LogP contribution is -2.10. The fraction of sp³-hybridized carbons (Fsp3) is 0.214. The quantitative estimate of drug-likeness (QED) is 0.858. The third kappa shape index (κ3) is 3.51. The summed E-state index contributed by atoms with van der Waals surface area (Å²) in [4.78, 5) is 18.6. The minimum Gasteiger partial charge on any atom is -0.476 e. The number of carboxylic acid groups (broad SMARTS) is 1. The second kappa shape index (κ2) is 5.95. The molecule has 98 valence electrons. The first kappa shape index (κ1) is 13.0. The highest BCUT2D eigenvalue weighted by molar-refractivity contribution is 5.85. The van der Waals surface area contributed by atoms with Gasteiger partial charge in [-0.05, 0) is 24.5 Å². The van der Waals surface area contributed by atoms with Crippen LogP contribution in [-0.2, 0) is 6.42 Å². The number of rotatable bonds is 5. The maximum atomic E-state index is 10.8. The summed E-state index contributed by atoms with van der Waals surface area (Å²) in [7, 11) is 0. The van der Waals surface area contributed by atoms with Gasteiger partial charge < -0.3 is 10.4 Å². The molecule has 0 amide bonds. The monoisotopic (exact) mass is 257 g/mol. The van der Waals surface area contributed by atoms with E-state index >= 15 is 0 Å². The van der Waals surface area contributed by atoms with Crippen LogP contribution in [0.25, 0.3) is 0 Å². The Morgan fingerprint density at radius 2 is 2.11 bits per heavy atom. The smallest absolute Gasteiger partial charge is 0.356 e. The predicted octanol–water partition coefficient (Wildman–Crippen LogP) is 2.14. The van der Waals surface area contributed by atoms with Gasteiger partial charge in [-0.2, -0.15) is 0 Å². The van der Waals surface area contributed by atoms with Crippen LogP contribution in [0.2, 0.25) is 0 Å². The van der Waals surface area contributed by atoms with Crippen LogP contribution in [0.1, 0.15) is 21.6 Å². The van der Waals surface area contributed by atoms with Gasteiger partial charge in [0.15, 0.2) is 5.69 Å². The minimum absolute atomic E-state index is 0.0547. The molecule has 0 fully saturated rings. The van der Waals surface area contributed by atoms with Crippen molar-refractivity contribution in [2.45, 2.75) is 13.3 Å². The molecule has 2 aromatic rings. The van der Waals surface area contributed by atoms with Crippen LogP contribution in [0.3, 0.4) is 0 Å². The fourth-order valence-corrected chi connectivity index (χ4v) is 1.77. The number of hydrogen-bond donors (Lipinski definition) is 2. The molecule has 0 spiro atoms. The highest BCUT2D eigenvalue weighted by Crippen LogP contribution is 2.08. The van der Waals surface area contributed by atoms with Crippen LogP contribution in [0, 0.1) is 6.92 Å². The number of benzene rings is 1. The van der Waals surface area contributed by atoms with Crippen molar-refractivity contribution < 1.29 is 9.90 Å². The molecule has 2 rings (SSSR count). The van der Waals surface area contributed by atoms with Gasteiger partial charge in [0.2, 0.25) is 0 Å². The van der Waals surface area contributed by atoms with Crippen molar-refractivity contribution in [3.05, 3.63) is 53.5 Å². The number of nitrogens with one attached hydrogen (secondary N) is 1. The predicted molar refractivity (Wildman–Crippen MR) is 72.4 cm³/mol. The van der Waals surface area contributed by atoms with Crippen molar-refractivity contribution in [3.63, 3.8) is 0 Å². The topological polar surface area (TPSA) is 75.1 Å². The van der Waals surface area contributed by atoms with E-state index in [1.807, 2.05) is 12.1 Å². The number of aromatic nitrogens is 2. The van der Waals surface area contributed by atoms with Crippen molar-refractivity contribution in [1.82, 2.24) is 9.97 Å². The zero-order chi connectivity index (χ0) is 13.7. The summed E-state index contributed by atoms with van der Waals surface area (Å²) in [5.74, 6) is -0.594. The van der Waals surface area contributed by atoms with Crippen LogP contribution in [0.15, 0.2) is 36.7 Å². The number of nitrogens with zero attached hydrogens (tertiary/aromatic N) is 2. The average molecular weight is 257 g/mol. The maximum Gasteiger partial charge on any atom is 0.356 e. The summed E-state index contributed by atoms with van der Waals surface area (Å²) < 4.78 is 0. The van der Waals surface area contributed by atoms with Gasteiger partial charge in [-0.25, -0.2) is 9.78 Å². The van der Waals surface area contributed by atoms with Crippen molar-refractivity contribution in [2.24, 2.45) is 0 Å². The van der Waals surface area contributed by atoms with E-state index in [0.717, 1.165) is 6.42 Å². The molecule has 2 N–H and O–H groups in total. The molecule has 0 radical (unpaired) electrons. The van der Waals surface area contributed by atoms with Crippen molar-refractivity contribution in [3.8, 4) is 0 Å². The SMILES string of the molecule is Cc1ccccc1CCNc1cncc(C(=O)O)n1. The molecule has 0 saturated heterocycles. The zero-order valence-corrected chi connectivity index (χ0v) is 10.6. The summed E-state index contributed by atoms with van der Waals surface area (Å²) in [6.07, 6.45) is 3.60. The van der Waals surface area contributed by atoms with E-state index in [1.54, 1.807) is 0 Å². The van der Waals surface area contributed by atoms with Gasteiger partial charge in [-0.15, -0.1) is 0 Å². The van der Waals surface area contributed by atoms with Gasteiger partial charge >= 0.3 is 5.97 Å². The molecule has 1 aromatic carbocycles. The molecule has 0 saturated carbocycles. The lowest BCUT2D eigenvalue weighted by atomic mass is 10.1. The lowest BCUT2D eigenvalue weighted by Gasteiger charge is -2.07. The Morgan fingerprint density at radius 3 is 2.84 bits per heavy atom. The van der Waals surface area contributed by atoms with Crippen molar-refractivity contribution >= 4 is 11.8 Å². The van der Waals surface area contributed by atoms with E-state index in [2.05, 4.69) is 34.3 Å². The van der Waals surface area contributed by atoms with Gasteiger partial charge in [0.05, 0.1) is 12.4 Å². The molecule has 0 atom stereocenters. The summed E-state index contributed by atoms with van der Waals surface area (Å²) in [5, 5.41) is 11.9. The highest BCUT2D eigenvalue weighted by atomic mass is 16.4. The minimum atomic E-state index is -1.07. The summed E-state index contributed by atoms with van der Waals surface area (Å²) in [6.45, 7) is 2.75. The summed E-state index contributed by atoms with van der Waals surface area (Å²) in [5.41, 5.74) is 2.45. The molecular weight excluding hydrogens is 242 g/mol. The largest absolute Gasteiger partial charge is 0.476 e. The first-order valence-electron chi connectivity index (χ1n) is 6.00. The summed E-state index contributed by atoms with van der Waals surface area (Å²) >= 11 is 0.